The number of nitrogens with one attached hydrogen (secondary N) is 1. The lowest BCUT2D eigenvalue weighted by molar-refractivity contribution is 0.0698. The normalized spacial score (nSPS) is 11.6. The first-order valence-corrected chi connectivity index (χ1v) is 11.1. The second kappa shape index (κ2) is 13.9. The molecule has 1 aromatic carbocycles. The van der Waals surface area contributed by atoms with Crippen LogP contribution in [0.1, 0.15) is 65.4 Å². The standard InChI is InChI=1S/C23H24N2O3S.C2H6/c1-4-7-10-16(15-17(5-2)24-6-3)20-13-14-21(29-20)22(26)25-19-12-9-8-11-18(19)23(27)28;1-2/h4,6,8-15H,1,5,7H2,2-3H3,(H,25,26)(H,27,28);1-2H3/b16-10+,17-15+,24-6?;. The minimum atomic E-state index is -1.09. The van der Waals surface area contributed by atoms with Crippen LogP contribution in [0.2, 0.25) is 0 Å². The first-order valence-electron chi connectivity index (χ1n) is 10.2. The smallest absolute Gasteiger partial charge is 0.337 e. The summed E-state index contributed by atoms with van der Waals surface area (Å²) in [6.45, 7) is 11.7. The summed E-state index contributed by atoms with van der Waals surface area (Å²) in [7, 11) is 0. The first-order chi connectivity index (χ1) is 15.0. The molecular weight excluding hydrogens is 408 g/mol. The zero-order valence-electron chi connectivity index (χ0n) is 18.5. The van der Waals surface area contributed by atoms with E-state index in [0.717, 1.165) is 22.6 Å². The molecule has 0 aliphatic rings. The molecule has 0 aliphatic carbocycles. The predicted molar refractivity (Wildman–Crippen MR) is 132 cm³/mol. The van der Waals surface area contributed by atoms with Crippen molar-refractivity contribution in [1.82, 2.24) is 0 Å². The van der Waals surface area contributed by atoms with E-state index in [1.165, 1.54) is 17.4 Å². The third-order valence-corrected chi connectivity index (χ3v) is 5.14. The van der Waals surface area contributed by atoms with Crippen molar-refractivity contribution in [1.29, 1.82) is 0 Å². The number of aliphatic imine (C=N–C) groups is 1. The van der Waals surface area contributed by atoms with Crippen LogP contribution in [0.15, 0.2) is 71.9 Å². The topological polar surface area (TPSA) is 78.8 Å². The van der Waals surface area contributed by atoms with Gasteiger partial charge in [0.15, 0.2) is 0 Å². The maximum Gasteiger partial charge on any atom is 0.337 e. The SMILES string of the molecule is C=CC/C=C(\C=C(/CC)N=CC)c1ccc(C(=O)Nc2ccccc2C(=O)O)s1.CC. The number of hydrogen-bond acceptors (Lipinski definition) is 4. The molecule has 2 aromatic rings. The summed E-state index contributed by atoms with van der Waals surface area (Å²) in [4.78, 5) is 29.8. The van der Waals surface area contributed by atoms with Crippen LogP contribution >= 0.6 is 11.3 Å². The molecule has 0 bridgehead atoms. The van der Waals surface area contributed by atoms with Gasteiger partial charge in [-0.25, -0.2) is 4.79 Å². The molecule has 0 radical (unpaired) electrons. The molecule has 5 nitrogen and oxygen atoms in total. The number of para-hydroxylation sites is 1. The Bertz CT molecular complexity index is 984. The largest absolute Gasteiger partial charge is 0.478 e. The minimum Gasteiger partial charge on any atom is -0.478 e. The zero-order valence-corrected chi connectivity index (χ0v) is 19.3. The molecule has 1 heterocycles. The van der Waals surface area contributed by atoms with E-state index in [1.807, 2.05) is 52.0 Å². The number of carbonyl (C=O) groups excluding carboxylic acids is 1. The Morgan fingerprint density at radius 2 is 1.84 bits per heavy atom. The number of rotatable bonds is 9. The van der Waals surface area contributed by atoms with E-state index in [9.17, 15) is 14.7 Å². The lowest BCUT2D eigenvalue weighted by atomic mass is 10.1. The number of carbonyl (C=O) groups is 2. The van der Waals surface area contributed by atoms with Crippen LogP contribution < -0.4 is 5.32 Å². The number of carboxylic acid groups (broad SMARTS) is 1. The molecule has 164 valence electrons. The van der Waals surface area contributed by atoms with Crippen molar-refractivity contribution in [3.63, 3.8) is 0 Å². The van der Waals surface area contributed by atoms with E-state index in [0.29, 0.717) is 11.3 Å². The van der Waals surface area contributed by atoms with Gasteiger partial charge in [-0.1, -0.05) is 45.1 Å². The Balaban J connectivity index is 0.00000233. The molecule has 31 heavy (non-hydrogen) atoms. The highest BCUT2D eigenvalue weighted by Gasteiger charge is 2.15. The molecule has 0 unspecified atom stereocenters. The maximum atomic E-state index is 12.7. The van der Waals surface area contributed by atoms with Crippen molar-refractivity contribution in [2.24, 2.45) is 4.99 Å². The van der Waals surface area contributed by atoms with Gasteiger partial charge in [-0.2, -0.15) is 0 Å². The number of carboxylic acids is 1. The minimum absolute atomic E-state index is 0.0529. The Kier molecular flexibility index (Phi) is 11.5. The van der Waals surface area contributed by atoms with E-state index in [2.05, 4.69) is 16.9 Å². The van der Waals surface area contributed by atoms with Crippen LogP contribution in [0.3, 0.4) is 0 Å². The van der Waals surface area contributed by atoms with Gasteiger partial charge >= 0.3 is 5.97 Å². The number of nitrogens with zero attached hydrogens (tertiary/aromatic N) is 1. The van der Waals surface area contributed by atoms with Crippen LogP contribution in [-0.2, 0) is 0 Å². The second-order valence-electron chi connectivity index (χ2n) is 6.03. The molecule has 2 rings (SSSR count). The van der Waals surface area contributed by atoms with Gasteiger partial charge in [0.05, 0.1) is 16.1 Å². The van der Waals surface area contributed by atoms with Crippen molar-refractivity contribution >= 4 is 40.7 Å². The van der Waals surface area contributed by atoms with Crippen LogP contribution in [-0.4, -0.2) is 23.2 Å². The molecule has 0 atom stereocenters. The Morgan fingerprint density at radius 3 is 2.45 bits per heavy atom. The zero-order chi connectivity index (χ0) is 23.2. The molecule has 1 amide bonds. The lowest BCUT2D eigenvalue weighted by Crippen LogP contribution is -2.13. The summed E-state index contributed by atoms with van der Waals surface area (Å²) in [5, 5.41) is 12.0. The molecule has 0 aliphatic heterocycles. The number of thiophene rings is 1. The Morgan fingerprint density at radius 1 is 1.16 bits per heavy atom. The molecule has 2 N–H and O–H groups in total. The van der Waals surface area contributed by atoms with Crippen LogP contribution in [0, 0.1) is 0 Å². The lowest BCUT2D eigenvalue weighted by Gasteiger charge is -2.07. The summed E-state index contributed by atoms with van der Waals surface area (Å²) in [6.07, 6.45) is 9.11. The highest BCUT2D eigenvalue weighted by atomic mass is 32.1. The molecule has 6 heteroatoms. The van der Waals surface area contributed by atoms with Gasteiger partial charge in [0.1, 0.15) is 0 Å². The van der Waals surface area contributed by atoms with Crippen LogP contribution in [0.4, 0.5) is 5.69 Å². The third-order valence-electron chi connectivity index (χ3n) is 4.00. The van der Waals surface area contributed by atoms with Crippen molar-refractivity contribution in [3.05, 3.63) is 82.2 Å². The highest BCUT2D eigenvalue weighted by Crippen LogP contribution is 2.28. The predicted octanol–water partition coefficient (Wildman–Crippen LogP) is 7.07. The fourth-order valence-electron chi connectivity index (χ4n) is 2.59. The fraction of sp³-hybridized carbons (Fsp3) is 0.240. The highest BCUT2D eigenvalue weighted by molar-refractivity contribution is 7.15. The molecule has 0 saturated heterocycles. The summed E-state index contributed by atoms with van der Waals surface area (Å²) < 4.78 is 0. The Labute approximate surface area is 188 Å². The quantitative estimate of drug-likeness (QED) is 0.250. The summed E-state index contributed by atoms with van der Waals surface area (Å²) in [6, 6.07) is 9.96. The average Bonchev–Trinajstić information content (AvgIpc) is 3.28. The maximum absolute atomic E-state index is 12.7. The van der Waals surface area contributed by atoms with Crippen molar-refractivity contribution in [2.75, 3.05) is 5.32 Å². The second-order valence-corrected chi connectivity index (χ2v) is 7.11. The van der Waals surface area contributed by atoms with Crippen LogP contribution in [0.25, 0.3) is 5.57 Å². The number of amides is 1. The van der Waals surface area contributed by atoms with Crippen LogP contribution in [0.5, 0.6) is 0 Å². The number of anilines is 1. The van der Waals surface area contributed by atoms with E-state index in [1.54, 1.807) is 30.5 Å². The van der Waals surface area contributed by atoms with E-state index < -0.39 is 5.97 Å². The van der Waals surface area contributed by atoms with Gasteiger partial charge < -0.3 is 10.4 Å². The number of aromatic carboxylic acids is 1. The number of benzene rings is 1. The van der Waals surface area contributed by atoms with E-state index >= 15 is 0 Å². The van der Waals surface area contributed by atoms with Gasteiger partial charge in [0.2, 0.25) is 0 Å². The summed E-state index contributed by atoms with van der Waals surface area (Å²) >= 11 is 1.35. The van der Waals surface area contributed by atoms with Gasteiger partial charge in [-0.15, -0.1) is 17.9 Å². The van der Waals surface area contributed by atoms with E-state index in [4.69, 9.17) is 0 Å². The molecule has 0 saturated carbocycles. The molecule has 1 aromatic heterocycles. The van der Waals surface area contributed by atoms with Crippen molar-refractivity contribution < 1.29 is 14.7 Å². The number of hydrogen-bond donors (Lipinski definition) is 2. The van der Waals surface area contributed by atoms with Gasteiger partial charge in [-0.05, 0) is 55.7 Å². The fourth-order valence-corrected chi connectivity index (χ4v) is 3.51. The van der Waals surface area contributed by atoms with Crippen molar-refractivity contribution in [3.8, 4) is 0 Å². The summed E-state index contributed by atoms with van der Waals surface area (Å²) in [5.74, 6) is -1.43. The van der Waals surface area contributed by atoms with Gasteiger partial charge in [0, 0.05) is 16.8 Å². The molecule has 0 spiro atoms. The summed E-state index contributed by atoms with van der Waals surface area (Å²) in [5.41, 5.74) is 2.24. The number of allylic oxidation sites excluding steroid dienone is 5. The van der Waals surface area contributed by atoms with E-state index in [-0.39, 0.29) is 17.2 Å². The first kappa shape index (κ1) is 25.8. The Hall–Kier alpha value is -3.25. The third kappa shape index (κ3) is 7.83. The monoisotopic (exact) mass is 438 g/mol. The van der Waals surface area contributed by atoms with Gasteiger partial charge in [0.25, 0.3) is 5.91 Å². The van der Waals surface area contributed by atoms with Gasteiger partial charge in [-0.3, -0.25) is 9.79 Å². The average molecular weight is 439 g/mol. The molecular formula is C25H30N2O3S. The molecule has 0 fully saturated rings. The van der Waals surface area contributed by atoms with Crippen molar-refractivity contribution in [2.45, 2.75) is 40.5 Å².